The Morgan fingerprint density at radius 2 is 1.96 bits per heavy atom. The highest BCUT2D eigenvalue weighted by atomic mass is 16.5. The van der Waals surface area contributed by atoms with E-state index in [-0.39, 0.29) is 17.9 Å². The van der Waals surface area contributed by atoms with Crippen molar-refractivity contribution in [3.63, 3.8) is 0 Å². The predicted molar refractivity (Wildman–Crippen MR) is 94.1 cm³/mol. The van der Waals surface area contributed by atoms with Crippen LogP contribution in [0.5, 0.6) is 5.75 Å². The molecule has 0 fully saturated rings. The number of pyridine rings is 1. The molecule has 4 nitrogen and oxygen atoms in total. The van der Waals surface area contributed by atoms with Crippen molar-refractivity contribution >= 4 is 5.91 Å². The summed E-state index contributed by atoms with van der Waals surface area (Å²) < 4.78 is 5.90. The maximum Gasteiger partial charge on any atom is 0.220 e. The topological polar surface area (TPSA) is 51.2 Å². The Labute approximate surface area is 143 Å². The number of benzene rings is 1. The van der Waals surface area contributed by atoms with Gasteiger partial charge in [-0.25, -0.2) is 0 Å². The summed E-state index contributed by atoms with van der Waals surface area (Å²) >= 11 is 0. The molecule has 126 valence electrons. The smallest absolute Gasteiger partial charge is 0.220 e. The molecule has 0 saturated carbocycles. The first-order valence-electron chi connectivity index (χ1n) is 8.44. The molecule has 0 saturated heterocycles. The van der Waals surface area contributed by atoms with E-state index in [1.807, 2.05) is 63.2 Å². The first kappa shape index (κ1) is 16.5. The van der Waals surface area contributed by atoms with Gasteiger partial charge in [0, 0.05) is 18.2 Å². The van der Waals surface area contributed by atoms with Gasteiger partial charge in [-0.15, -0.1) is 0 Å². The average Bonchev–Trinajstić information content (AvgIpc) is 2.90. The summed E-state index contributed by atoms with van der Waals surface area (Å²) in [7, 11) is 0. The monoisotopic (exact) mass is 324 g/mol. The van der Waals surface area contributed by atoms with Crippen LogP contribution >= 0.6 is 0 Å². The Hall–Kier alpha value is -2.36. The lowest BCUT2D eigenvalue weighted by molar-refractivity contribution is -0.123. The van der Waals surface area contributed by atoms with Crippen LogP contribution < -0.4 is 10.1 Å². The normalized spacial score (nSPS) is 19.5. The van der Waals surface area contributed by atoms with Gasteiger partial charge in [0.15, 0.2) is 0 Å². The minimum absolute atomic E-state index is 0.0145. The second kappa shape index (κ2) is 6.63. The number of carbonyl (C=O) groups excluding carboxylic acids is 1. The van der Waals surface area contributed by atoms with Crippen LogP contribution in [0.1, 0.15) is 44.4 Å². The predicted octanol–water partition coefficient (Wildman–Crippen LogP) is 3.47. The number of aromatic nitrogens is 1. The highest BCUT2D eigenvalue weighted by molar-refractivity contribution is 5.77. The quantitative estimate of drug-likeness (QED) is 0.916. The van der Waals surface area contributed by atoms with E-state index < -0.39 is 5.54 Å². The highest BCUT2D eigenvalue weighted by Crippen LogP contribution is 2.42. The van der Waals surface area contributed by atoms with Crippen molar-refractivity contribution in [2.75, 3.05) is 0 Å². The van der Waals surface area contributed by atoms with E-state index in [2.05, 4.69) is 10.3 Å². The molecule has 0 spiro atoms. The van der Waals surface area contributed by atoms with Gasteiger partial charge in [-0.1, -0.05) is 30.3 Å². The maximum atomic E-state index is 12.4. The van der Waals surface area contributed by atoms with Gasteiger partial charge in [0.25, 0.3) is 0 Å². The summed E-state index contributed by atoms with van der Waals surface area (Å²) in [6.45, 7) is 6.12. The zero-order valence-electron chi connectivity index (χ0n) is 14.5. The van der Waals surface area contributed by atoms with E-state index >= 15 is 0 Å². The van der Waals surface area contributed by atoms with Gasteiger partial charge in [0.2, 0.25) is 5.91 Å². The molecule has 2 aromatic rings. The van der Waals surface area contributed by atoms with Crippen molar-refractivity contribution in [1.29, 1.82) is 0 Å². The fourth-order valence-corrected chi connectivity index (χ4v) is 3.56. The molecule has 2 heterocycles. The molecule has 0 radical (unpaired) electrons. The molecule has 2 atom stereocenters. The van der Waals surface area contributed by atoms with Crippen LogP contribution in [0.25, 0.3) is 0 Å². The third-order valence-electron chi connectivity index (χ3n) is 4.60. The number of rotatable bonds is 5. The van der Waals surface area contributed by atoms with Crippen LogP contribution in [0.3, 0.4) is 0 Å². The molecule has 0 unspecified atom stereocenters. The van der Waals surface area contributed by atoms with Crippen molar-refractivity contribution in [3.05, 3.63) is 59.9 Å². The number of hydrogen-bond acceptors (Lipinski definition) is 3. The number of hydrogen-bond donors (Lipinski definition) is 1. The van der Waals surface area contributed by atoms with Crippen molar-refractivity contribution < 1.29 is 9.53 Å². The third-order valence-corrected chi connectivity index (χ3v) is 4.60. The first-order valence-corrected chi connectivity index (χ1v) is 8.44. The lowest BCUT2D eigenvalue weighted by atomic mass is 9.82. The van der Waals surface area contributed by atoms with Gasteiger partial charge in [-0.3, -0.25) is 9.78 Å². The summed E-state index contributed by atoms with van der Waals surface area (Å²) in [5.74, 6) is 0.913. The van der Waals surface area contributed by atoms with Crippen LogP contribution in [0, 0.1) is 0 Å². The molecular formula is C20H24N2O2. The van der Waals surface area contributed by atoms with Crippen LogP contribution in [0.4, 0.5) is 0 Å². The second-order valence-electron chi connectivity index (χ2n) is 6.94. The van der Waals surface area contributed by atoms with Gasteiger partial charge >= 0.3 is 0 Å². The molecule has 1 N–H and O–H groups in total. The van der Waals surface area contributed by atoms with E-state index in [4.69, 9.17) is 4.74 Å². The fourth-order valence-electron chi connectivity index (χ4n) is 3.56. The first-order chi connectivity index (χ1) is 11.5. The minimum atomic E-state index is -0.424. The zero-order valence-corrected chi connectivity index (χ0v) is 14.5. The number of fused-ring (bicyclic) bond motifs is 1. The number of amides is 1. The lowest BCUT2D eigenvalue weighted by Crippen LogP contribution is -2.50. The Bertz CT molecular complexity index is 713. The van der Waals surface area contributed by atoms with E-state index in [1.165, 1.54) is 5.56 Å². The number of carbonyl (C=O) groups is 1. The average molecular weight is 324 g/mol. The minimum Gasteiger partial charge on any atom is -0.488 e. The van der Waals surface area contributed by atoms with Crippen molar-refractivity contribution in [2.24, 2.45) is 0 Å². The number of ether oxygens (including phenoxy) is 1. The molecule has 0 aliphatic carbocycles. The second-order valence-corrected chi connectivity index (χ2v) is 6.94. The van der Waals surface area contributed by atoms with E-state index in [0.29, 0.717) is 6.42 Å². The van der Waals surface area contributed by atoms with Crippen molar-refractivity contribution in [1.82, 2.24) is 10.3 Å². The van der Waals surface area contributed by atoms with Crippen LogP contribution in [0.15, 0.2) is 48.7 Å². The molecule has 1 aromatic carbocycles. The Kier molecular flexibility index (Phi) is 4.56. The Morgan fingerprint density at radius 1 is 1.21 bits per heavy atom. The molecule has 4 heteroatoms. The lowest BCUT2D eigenvalue weighted by Gasteiger charge is -2.34. The number of nitrogens with zero attached hydrogens (tertiary/aromatic N) is 1. The molecular weight excluding hydrogens is 300 g/mol. The third kappa shape index (κ3) is 3.42. The standard InChI is InChI=1S/C20H24N2O2/c1-14-18(19-16(24-14)10-7-13-21-19)20(2,3)22-17(23)12-11-15-8-5-4-6-9-15/h4-10,13-14,18H,11-12H2,1-3H3,(H,22,23)/t14-,18-/m1/s1. The largest absolute Gasteiger partial charge is 0.488 e. The Balaban J connectivity index is 1.66. The fraction of sp³-hybridized carbons (Fsp3) is 0.400. The summed E-state index contributed by atoms with van der Waals surface area (Å²) in [5, 5.41) is 3.18. The summed E-state index contributed by atoms with van der Waals surface area (Å²) in [4.78, 5) is 16.9. The summed E-state index contributed by atoms with van der Waals surface area (Å²) in [5.41, 5.74) is 1.68. The van der Waals surface area contributed by atoms with Crippen molar-refractivity contribution in [2.45, 2.75) is 51.2 Å². The van der Waals surface area contributed by atoms with Gasteiger partial charge in [-0.2, -0.15) is 0 Å². The van der Waals surface area contributed by atoms with Gasteiger partial charge in [0.05, 0.1) is 11.6 Å². The van der Waals surface area contributed by atoms with Gasteiger partial charge < -0.3 is 10.1 Å². The molecule has 1 aliphatic rings. The SMILES string of the molecule is C[C@H]1Oc2cccnc2[C@@H]1C(C)(C)NC(=O)CCc1ccccc1. The number of nitrogens with one attached hydrogen (secondary N) is 1. The maximum absolute atomic E-state index is 12.4. The molecule has 0 bridgehead atoms. The van der Waals surface area contributed by atoms with E-state index in [9.17, 15) is 4.79 Å². The van der Waals surface area contributed by atoms with Gasteiger partial charge in [-0.05, 0) is 44.9 Å². The molecule has 1 aromatic heterocycles. The van der Waals surface area contributed by atoms with Crippen LogP contribution in [-0.2, 0) is 11.2 Å². The van der Waals surface area contributed by atoms with Crippen LogP contribution in [0.2, 0.25) is 0 Å². The highest BCUT2D eigenvalue weighted by Gasteiger charge is 2.43. The zero-order chi connectivity index (χ0) is 17.2. The van der Waals surface area contributed by atoms with Gasteiger partial charge in [0.1, 0.15) is 11.9 Å². The molecule has 24 heavy (non-hydrogen) atoms. The van der Waals surface area contributed by atoms with Crippen molar-refractivity contribution in [3.8, 4) is 5.75 Å². The number of aryl methyl sites for hydroxylation is 1. The summed E-state index contributed by atoms with van der Waals surface area (Å²) in [6, 6.07) is 13.9. The van der Waals surface area contributed by atoms with E-state index in [1.54, 1.807) is 6.20 Å². The molecule has 1 amide bonds. The van der Waals surface area contributed by atoms with E-state index in [0.717, 1.165) is 17.9 Å². The Morgan fingerprint density at radius 3 is 2.71 bits per heavy atom. The van der Waals surface area contributed by atoms with Crippen LogP contribution in [-0.4, -0.2) is 22.5 Å². The molecule has 3 rings (SSSR count). The molecule has 1 aliphatic heterocycles. The summed E-state index contributed by atoms with van der Waals surface area (Å²) in [6.07, 6.45) is 2.98.